The highest BCUT2D eigenvalue weighted by Crippen LogP contribution is 2.45. The van der Waals surface area contributed by atoms with E-state index in [1.165, 1.54) is 39.3 Å². The molecule has 2 aromatic carbocycles. The number of ether oxygens (including phenoxy) is 1. The van der Waals surface area contributed by atoms with E-state index < -0.39 is 23.5 Å². The average molecular weight is 607 g/mol. The number of thioether (sulfide) groups is 1. The number of aliphatic hydroxyl groups excluding tert-OH is 1. The fraction of sp³-hybridized carbons (Fsp3) is 0.300. The van der Waals surface area contributed by atoms with Gasteiger partial charge in [-0.1, -0.05) is 85.3 Å². The predicted octanol–water partition coefficient (Wildman–Crippen LogP) is 7.26. The third-order valence-corrected chi connectivity index (χ3v) is 9.76. The minimum absolute atomic E-state index is 0.00132. The molecule has 5 rings (SSSR count). The van der Waals surface area contributed by atoms with Gasteiger partial charge in [-0.15, -0.1) is 21.5 Å². The van der Waals surface area contributed by atoms with Crippen molar-refractivity contribution in [1.29, 1.82) is 0 Å². The lowest BCUT2D eigenvalue weighted by molar-refractivity contribution is -0.117. The third kappa shape index (κ3) is 6.37. The quantitative estimate of drug-likeness (QED) is 0.0778. The van der Waals surface area contributed by atoms with Gasteiger partial charge in [-0.25, -0.2) is 4.98 Å². The number of carbonyl (C=O) groups excluding carboxylic acids is 2. The normalized spacial score (nSPS) is 15.1. The summed E-state index contributed by atoms with van der Waals surface area (Å²) in [5.41, 5.74) is 2.33. The van der Waals surface area contributed by atoms with Gasteiger partial charge in [0.15, 0.2) is 10.1 Å². The van der Waals surface area contributed by atoms with Crippen molar-refractivity contribution in [2.24, 2.45) is 0 Å². The van der Waals surface area contributed by atoms with Crippen molar-refractivity contribution in [1.82, 2.24) is 15.2 Å². The van der Waals surface area contributed by atoms with Gasteiger partial charge in [-0.3, -0.25) is 14.5 Å². The Kier molecular flexibility index (Phi) is 9.16. The average Bonchev–Trinajstić information content (AvgIpc) is 3.66. The van der Waals surface area contributed by atoms with Crippen molar-refractivity contribution in [3.63, 3.8) is 0 Å². The minimum atomic E-state index is -0.907. The van der Waals surface area contributed by atoms with Crippen LogP contribution in [0.2, 0.25) is 0 Å². The predicted molar refractivity (Wildman–Crippen MR) is 163 cm³/mol. The molecule has 41 heavy (non-hydrogen) atoms. The van der Waals surface area contributed by atoms with Crippen molar-refractivity contribution in [2.45, 2.75) is 56.2 Å². The molecule has 2 aromatic heterocycles. The Hall–Kier alpha value is -3.54. The molecule has 1 aliphatic rings. The summed E-state index contributed by atoms with van der Waals surface area (Å²) in [6.45, 7) is 6.27. The Morgan fingerprint density at radius 3 is 2.61 bits per heavy atom. The van der Waals surface area contributed by atoms with Crippen LogP contribution >= 0.6 is 34.4 Å². The molecular formula is C30H30N4O4S3. The van der Waals surface area contributed by atoms with Crippen LogP contribution in [0.15, 0.2) is 70.3 Å². The lowest BCUT2D eigenvalue weighted by atomic mass is 9.95. The van der Waals surface area contributed by atoms with Crippen LogP contribution in [0, 0.1) is 13.8 Å². The Morgan fingerprint density at radius 1 is 1.07 bits per heavy atom. The molecule has 0 fully saturated rings. The summed E-state index contributed by atoms with van der Waals surface area (Å²) in [4.78, 5) is 33.6. The second-order valence-electron chi connectivity index (χ2n) is 9.57. The molecule has 1 aliphatic heterocycles. The molecule has 0 saturated heterocycles. The highest BCUT2D eigenvalue weighted by Gasteiger charge is 2.46. The number of thiazole rings is 1. The van der Waals surface area contributed by atoms with Crippen LogP contribution in [-0.2, 0) is 10.5 Å². The Morgan fingerprint density at radius 2 is 1.88 bits per heavy atom. The number of nitrogens with zero attached hydrogens (tertiary/aromatic N) is 4. The van der Waals surface area contributed by atoms with E-state index in [-0.39, 0.29) is 5.57 Å². The Labute approximate surface area is 251 Å². The van der Waals surface area contributed by atoms with E-state index in [9.17, 15) is 14.7 Å². The monoisotopic (exact) mass is 606 g/mol. The minimum Gasteiger partial charge on any atom is -0.503 e. The summed E-state index contributed by atoms with van der Waals surface area (Å²) in [6.07, 6.45) is 3.08. The Bertz CT molecular complexity index is 1580. The molecular weight excluding hydrogens is 577 g/mol. The molecule has 0 saturated carbocycles. The summed E-state index contributed by atoms with van der Waals surface area (Å²) in [6, 6.07) is 16.4. The highest BCUT2D eigenvalue weighted by atomic mass is 32.2. The first kappa shape index (κ1) is 29.0. The number of unbranched alkanes of at least 4 members (excludes halogenated alkanes) is 2. The van der Waals surface area contributed by atoms with Gasteiger partial charge in [0.1, 0.15) is 5.75 Å². The van der Waals surface area contributed by atoms with Crippen LogP contribution in [0.1, 0.15) is 63.7 Å². The maximum Gasteiger partial charge on any atom is 0.296 e. The first-order valence-electron chi connectivity index (χ1n) is 13.4. The van der Waals surface area contributed by atoms with E-state index in [1.807, 2.05) is 61.5 Å². The largest absolute Gasteiger partial charge is 0.503 e. The summed E-state index contributed by atoms with van der Waals surface area (Å²) in [5.74, 6) is -0.383. The van der Waals surface area contributed by atoms with Gasteiger partial charge in [-0.05, 0) is 43.5 Å². The molecule has 0 bridgehead atoms. The molecule has 0 aliphatic carbocycles. The second kappa shape index (κ2) is 13.0. The summed E-state index contributed by atoms with van der Waals surface area (Å²) in [7, 11) is 0. The number of carbonyl (C=O) groups is 2. The van der Waals surface area contributed by atoms with Crippen LogP contribution in [0.3, 0.4) is 0 Å². The summed E-state index contributed by atoms with van der Waals surface area (Å²) < 4.78 is 6.66. The van der Waals surface area contributed by atoms with Crippen molar-refractivity contribution in [3.8, 4) is 5.75 Å². The molecule has 0 spiro atoms. The fourth-order valence-electron chi connectivity index (χ4n) is 4.61. The maximum absolute atomic E-state index is 13.9. The van der Waals surface area contributed by atoms with Gasteiger partial charge < -0.3 is 9.84 Å². The molecule has 3 heterocycles. The van der Waals surface area contributed by atoms with Crippen LogP contribution in [-0.4, -0.2) is 38.6 Å². The number of Topliss-reactive ketones (excluding diaryl/α,β-unsaturated/α-hetero) is 1. The standard InChI is InChI=1S/C30H30N4O4S3/c1-4-5-9-15-38-22-14-10-13-21(16-22)24-23(25(35)27-18(2)31-19(3)40-27)26(36)28(37)34(24)29-32-33-30(41-29)39-17-20-11-7-6-8-12-20/h6-8,10-14,16,24,36H,4-5,9,15,17H2,1-3H3. The molecule has 1 N–H and O–H groups in total. The first-order chi connectivity index (χ1) is 19.9. The number of amides is 1. The van der Waals surface area contributed by atoms with Crippen LogP contribution in [0.5, 0.6) is 5.75 Å². The molecule has 1 unspecified atom stereocenters. The van der Waals surface area contributed by atoms with E-state index >= 15 is 0 Å². The van der Waals surface area contributed by atoms with Gasteiger partial charge in [0.2, 0.25) is 10.9 Å². The van der Waals surface area contributed by atoms with Gasteiger partial charge >= 0.3 is 0 Å². The molecule has 212 valence electrons. The second-order valence-corrected chi connectivity index (χ2v) is 13.0. The molecule has 11 heteroatoms. The molecule has 8 nitrogen and oxygen atoms in total. The van der Waals surface area contributed by atoms with Gasteiger partial charge in [0.25, 0.3) is 5.91 Å². The van der Waals surface area contributed by atoms with Gasteiger partial charge in [-0.2, -0.15) is 0 Å². The molecule has 1 atom stereocenters. The Balaban J connectivity index is 1.50. The van der Waals surface area contributed by atoms with E-state index in [2.05, 4.69) is 22.1 Å². The highest BCUT2D eigenvalue weighted by molar-refractivity contribution is 8.00. The summed E-state index contributed by atoms with van der Waals surface area (Å²) >= 11 is 4.01. The van der Waals surface area contributed by atoms with Crippen molar-refractivity contribution >= 4 is 51.3 Å². The van der Waals surface area contributed by atoms with E-state index in [0.29, 0.717) is 43.7 Å². The zero-order valence-corrected chi connectivity index (χ0v) is 25.4. The van der Waals surface area contributed by atoms with E-state index in [0.717, 1.165) is 29.8 Å². The maximum atomic E-state index is 13.9. The molecule has 4 aromatic rings. The zero-order chi connectivity index (χ0) is 28.9. The number of hydrogen-bond donors (Lipinski definition) is 1. The number of hydrogen-bond acceptors (Lipinski definition) is 10. The number of ketones is 1. The number of anilines is 1. The van der Waals surface area contributed by atoms with Crippen molar-refractivity contribution < 1.29 is 19.4 Å². The zero-order valence-electron chi connectivity index (χ0n) is 23.0. The lowest BCUT2D eigenvalue weighted by Crippen LogP contribution is -2.31. The van der Waals surface area contributed by atoms with Gasteiger partial charge in [0, 0.05) is 5.75 Å². The fourth-order valence-corrected chi connectivity index (χ4v) is 7.31. The van der Waals surface area contributed by atoms with Crippen LogP contribution in [0.25, 0.3) is 0 Å². The van der Waals surface area contributed by atoms with E-state index in [1.54, 1.807) is 6.92 Å². The molecule has 1 amide bonds. The number of aryl methyl sites for hydroxylation is 2. The SMILES string of the molecule is CCCCCOc1cccc(C2C(C(=O)c3sc(C)nc3C)=C(O)C(=O)N2c2nnc(SCc3ccccc3)s2)c1. The van der Waals surface area contributed by atoms with Crippen molar-refractivity contribution in [2.75, 3.05) is 11.5 Å². The first-order valence-corrected chi connectivity index (χ1v) is 16.0. The number of aromatic nitrogens is 3. The topological polar surface area (TPSA) is 106 Å². The number of rotatable bonds is 12. The van der Waals surface area contributed by atoms with Crippen molar-refractivity contribution in [3.05, 3.63) is 92.6 Å². The number of benzene rings is 2. The molecule has 0 radical (unpaired) electrons. The smallest absolute Gasteiger partial charge is 0.296 e. The van der Waals surface area contributed by atoms with Crippen LogP contribution < -0.4 is 9.64 Å². The third-order valence-electron chi connectivity index (χ3n) is 6.56. The summed E-state index contributed by atoms with van der Waals surface area (Å²) in [5, 5.41) is 20.8. The van der Waals surface area contributed by atoms with E-state index in [4.69, 9.17) is 4.74 Å². The lowest BCUT2D eigenvalue weighted by Gasteiger charge is -2.24. The number of aliphatic hydroxyl groups is 1. The van der Waals surface area contributed by atoms with Crippen LogP contribution in [0.4, 0.5) is 5.13 Å². The van der Waals surface area contributed by atoms with Gasteiger partial charge in [0.05, 0.1) is 33.8 Å².